The summed E-state index contributed by atoms with van der Waals surface area (Å²) in [5.74, 6) is 0. The van der Waals surface area contributed by atoms with Crippen LogP contribution in [0.25, 0.3) is 0 Å². The lowest BCUT2D eigenvalue weighted by molar-refractivity contribution is -0.128. The van der Waals surface area contributed by atoms with Gasteiger partial charge in [0.15, 0.2) is 0 Å². The minimum absolute atomic E-state index is 0.00912. The molecule has 0 amide bonds. The van der Waals surface area contributed by atoms with Gasteiger partial charge >= 0.3 is 0 Å². The van der Waals surface area contributed by atoms with Crippen LogP contribution >= 0.6 is 11.6 Å². The molecule has 0 aromatic rings. The van der Waals surface area contributed by atoms with E-state index in [-0.39, 0.29) is 5.38 Å². The van der Waals surface area contributed by atoms with Crippen molar-refractivity contribution in [2.24, 2.45) is 0 Å². The van der Waals surface area contributed by atoms with E-state index in [9.17, 15) is 4.79 Å². The molecule has 0 heterocycles. The molecule has 1 unspecified atom stereocenters. The lowest BCUT2D eigenvalue weighted by Gasteiger charge is -2.05. The molecule has 0 rings (SSSR count). The predicted molar refractivity (Wildman–Crippen MR) is 41.2 cm³/mol. The van der Waals surface area contributed by atoms with Crippen LogP contribution in [0.15, 0.2) is 0 Å². The average molecular weight is 165 g/mol. The molecule has 0 N–H and O–H groups in total. The topological polar surface area (TPSA) is 26.3 Å². The van der Waals surface area contributed by atoms with Crippen LogP contribution in [0.5, 0.6) is 0 Å². The zero-order valence-corrected chi connectivity index (χ0v) is 6.93. The van der Waals surface area contributed by atoms with Gasteiger partial charge in [-0.15, -0.1) is 11.6 Å². The number of carbonyl (C=O) groups is 1. The summed E-state index contributed by atoms with van der Waals surface area (Å²) >= 11 is 5.75. The Morgan fingerprint density at radius 1 is 1.70 bits per heavy atom. The molecule has 3 heteroatoms. The lowest BCUT2D eigenvalue weighted by atomic mass is 10.2. The number of unbranched alkanes of at least 4 members (excludes halogenated alkanes) is 1. The fourth-order valence-corrected chi connectivity index (χ4v) is 0.880. The maximum Gasteiger partial charge on any atom is 0.293 e. The molecule has 0 radical (unpaired) electrons. The SMILES string of the molecule is CCCCC(Cl)COC=O. The summed E-state index contributed by atoms with van der Waals surface area (Å²) in [5, 5.41) is -0.00912. The van der Waals surface area contributed by atoms with Gasteiger partial charge in [0.25, 0.3) is 6.47 Å². The predicted octanol–water partition coefficient (Wildman–Crippen LogP) is 1.96. The Kier molecular flexibility index (Phi) is 6.71. The van der Waals surface area contributed by atoms with Gasteiger partial charge in [-0.05, 0) is 6.42 Å². The fraction of sp³-hybridized carbons (Fsp3) is 0.857. The van der Waals surface area contributed by atoms with Crippen molar-refractivity contribution in [2.75, 3.05) is 6.61 Å². The van der Waals surface area contributed by atoms with Crippen molar-refractivity contribution in [3.05, 3.63) is 0 Å². The molecule has 0 saturated carbocycles. The molecule has 0 spiro atoms. The molecular weight excluding hydrogens is 152 g/mol. The van der Waals surface area contributed by atoms with Gasteiger partial charge in [-0.25, -0.2) is 0 Å². The highest BCUT2D eigenvalue weighted by Gasteiger charge is 2.02. The summed E-state index contributed by atoms with van der Waals surface area (Å²) in [5.41, 5.74) is 0. The van der Waals surface area contributed by atoms with Crippen molar-refractivity contribution >= 4 is 18.1 Å². The van der Waals surface area contributed by atoms with E-state index in [0.29, 0.717) is 13.1 Å². The van der Waals surface area contributed by atoms with E-state index < -0.39 is 0 Å². The van der Waals surface area contributed by atoms with Crippen molar-refractivity contribution < 1.29 is 9.53 Å². The normalized spacial score (nSPS) is 12.6. The Labute approximate surface area is 66.5 Å². The molecule has 10 heavy (non-hydrogen) atoms. The molecule has 0 fully saturated rings. The maximum absolute atomic E-state index is 9.70. The second kappa shape index (κ2) is 6.87. The molecule has 0 saturated heterocycles. The van der Waals surface area contributed by atoms with Gasteiger partial charge in [-0.2, -0.15) is 0 Å². The van der Waals surface area contributed by atoms with E-state index in [1.807, 2.05) is 0 Å². The van der Waals surface area contributed by atoms with E-state index in [1.54, 1.807) is 0 Å². The molecule has 0 aliphatic rings. The van der Waals surface area contributed by atoms with E-state index >= 15 is 0 Å². The van der Waals surface area contributed by atoms with Crippen LogP contribution in [0.1, 0.15) is 26.2 Å². The van der Waals surface area contributed by atoms with Crippen molar-refractivity contribution in [3.63, 3.8) is 0 Å². The second-order valence-corrected chi connectivity index (χ2v) is 2.79. The number of hydrogen-bond acceptors (Lipinski definition) is 2. The molecule has 0 aromatic heterocycles. The molecule has 1 atom stereocenters. The largest absolute Gasteiger partial charge is 0.466 e. The number of alkyl halides is 1. The Hall–Kier alpha value is -0.240. The van der Waals surface area contributed by atoms with Crippen LogP contribution in [-0.4, -0.2) is 18.5 Å². The van der Waals surface area contributed by atoms with E-state index in [0.717, 1.165) is 19.3 Å². The van der Waals surface area contributed by atoms with Crippen LogP contribution in [0.2, 0.25) is 0 Å². The van der Waals surface area contributed by atoms with Crippen molar-refractivity contribution in [1.29, 1.82) is 0 Å². The van der Waals surface area contributed by atoms with Crippen LogP contribution < -0.4 is 0 Å². The Balaban J connectivity index is 3.07. The maximum atomic E-state index is 9.70. The summed E-state index contributed by atoms with van der Waals surface area (Å²) in [4.78, 5) is 9.70. The smallest absolute Gasteiger partial charge is 0.293 e. The van der Waals surface area contributed by atoms with Crippen LogP contribution in [-0.2, 0) is 9.53 Å². The quantitative estimate of drug-likeness (QED) is 0.443. The van der Waals surface area contributed by atoms with Crippen LogP contribution in [0, 0.1) is 0 Å². The zero-order chi connectivity index (χ0) is 7.82. The van der Waals surface area contributed by atoms with Crippen molar-refractivity contribution in [3.8, 4) is 0 Å². The number of ether oxygens (including phenoxy) is 1. The summed E-state index contributed by atoms with van der Waals surface area (Å²) in [6, 6.07) is 0. The third kappa shape index (κ3) is 5.89. The van der Waals surface area contributed by atoms with Crippen LogP contribution in [0.4, 0.5) is 0 Å². The first kappa shape index (κ1) is 9.76. The van der Waals surface area contributed by atoms with Crippen LogP contribution in [0.3, 0.4) is 0 Å². The van der Waals surface area contributed by atoms with Crippen molar-refractivity contribution in [2.45, 2.75) is 31.6 Å². The first-order valence-electron chi connectivity index (χ1n) is 3.50. The van der Waals surface area contributed by atoms with Gasteiger partial charge in [0.2, 0.25) is 0 Å². The minimum Gasteiger partial charge on any atom is -0.466 e. The zero-order valence-electron chi connectivity index (χ0n) is 6.18. The third-order valence-corrected chi connectivity index (χ3v) is 1.56. The van der Waals surface area contributed by atoms with Crippen molar-refractivity contribution in [1.82, 2.24) is 0 Å². The molecule has 60 valence electrons. The summed E-state index contributed by atoms with van der Waals surface area (Å²) in [7, 11) is 0. The summed E-state index contributed by atoms with van der Waals surface area (Å²) in [6.07, 6.45) is 3.15. The molecule has 0 aliphatic carbocycles. The Morgan fingerprint density at radius 3 is 2.90 bits per heavy atom. The number of hydrogen-bond donors (Lipinski definition) is 0. The van der Waals surface area contributed by atoms with E-state index in [1.165, 1.54) is 0 Å². The standard InChI is InChI=1S/C7H13ClO2/c1-2-3-4-7(8)5-10-6-9/h6-7H,2-5H2,1H3. The summed E-state index contributed by atoms with van der Waals surface area (Å²) in [6.45, 7) is 2.87. The van der Waals surface area contributed by atoms with Gasteiger partial charge in [0.1, 0.15) is 6.61 Å². The van der Waals surface area contributed by atoms with Gasteiger partial charge in [-0.3, -0.25) is 4.79 Å². The monoisotopic (exact) mass is 164 g/mol. The Morgan fingerprint density at radius 2 is 2.40 bits per heavy atom. The van der Waals surface area contributed by atoms with Gasteiger partial charge in [-0.1, -0.05) is 19.8 Å². The van der Waals surface area contributed by atoms with Gasteiger partial charge in [0.05, 0.1) is 5.38 Å². The molecule has 0 bridgehead atoms. The van der Waals surface area contributed by atoms with E-state index in [2.05, 4.69) is 11.7 Å². The van der Waals surface area contributed by atoms with Gasteiger partial charge < -0.3 is 4.74 Å². The van der Waals surface area contributed by atoms with Gasteiger partial charge in [0, 0.05) is 0 Å². The molecular formula is C7H13ClO2. The highest BCUT2D eigenvalue weighted by Crippen LogP contribution is 2.06. The number of carbonyl (C=O) groups excluding carboxylic acids is 1. The molecule has 0 aromatic carbocycles. The summed E-state index contributed by atoms with van der Waals surface area (Å²) < 4.78 is 4.48. The van der Waals surface area contributed by atoms with E-state index in [4.69, 9.17) is 11.6 Å². The lowest BCUT2D eigenvalue weighted by Crippen LogP contribution is -2.07. The molecule has 2 nitrogen and oxygen atoms in total. The minimum atomic E-state index is -0.00912. The fourth-order valence-electron chi connectivity index (χ4n) is 0.653. The number of halogens is 1. The number of rotatable bonds is 6. The molecule has 0 aliphatic heterocycles. The first-order valence-corrected chi connectivity index (χ1v) is 3.94. The first-order chi connectivity index (χ1) is 4.81. The average Bonchev–Trinajstić information content (AvgIpc) is 1.97. The highest BCUT2D eigenvalue weighted by atomic mass is 35.5. The highest BCUT2D eigenvalue weighted by molar-refractivity contribution is 6.20. The Bertz CT molecular complexity index is 85.7. The second-order valence-electron chi connectivity index (χ2n) is 2.17. The third-order valence-electron chi connectivity index (χ3n) is 1.22.